The van der Waals surface area contributed by atoms with Crippen molar-refractivity contribution in [1.82, 2.24) is 10.6 Å². The number of carbonyl (C=O) groups excluding carboxylic acids is 2. The summed E-state index contributed by atoms with van der Waals surface area (Å²) >= 11 is 0. The van der Waals surface area contributed by atoms with Crippen LogP contribution in [0.5, 0.6) is 0 Å². The van der Waals surface area contributed by atoms with Gasteiger partial charge in [-0.2, -0.15) is 0 Å². The molecule has 33 heavy (non-hydrogen) atoms. The fourth-order valence-corrected chi connectivity index (χ4v) is 7.19. The summed E-state index contributed by atoms with van der Waals surface area (Å²) in [5, 5.41) is 7.41. The lowest BCUT2D eigenvalue weighted by Gasteiger charge is -2.33. The van der Waals surface area contributed by atoms with Crippen LogP contribution in [0.25, 0.3) is 0 Å². The summed E-state index contributed by atoms with van der Waals surface area (Å²) in [5.74, 6) is 0.0801. The monoisotopic (exact) mass is 458 g/mol. The number of carbonyl (C=O) groups is 2. The third-order valence-corrected chi connectivity index (χ3v) is 10.7. The molecule has 3 aromatic carbocycles. The van der Waals surface area contributed by atoms with E-state index in [-0.39, 0.29) is 17.4 Å². The number of benzene rings is 3. The van der Waals surface area contributed by atoms with Crippen molar-refractivity contribution in [3.05, 3.63) is 102 Å². The number of hydrogen-bond acceptors (Lipinski definition) is 2. The van der Waals surface area contributed by atoms with Crippen LogP contribution in [0.3, 0.4) is 0 Å². The molecule has 2 amide bonds. The highest BCUT2D eigenvalue weighted by molar-refractivity contribution is 6.91. The van der Waals surface area contributed by atoms with E-state index in [1.54, 1.807) is 0 Å². The third kappa shape index (κ3) is 7.72. The van der Waals surface area contributed by atoms with Gasteiger partial charge in [0.15, 0.2) is 0 Å². The predicted octanol–water partition coefficient (Wildman–Crippen LogP) is 4.78. The second kappa shape index (κ2) is 12.2. The van der Waals surface area contributed by atoms with Crippen LogP contribution in [0.4, 0.5) is 0 Å². The summed E-state index contributed by atoms with van der Waals surface area (Å²) in [4.78, 5) is 25.5. The number of amides is 2. The fourth-order valence-electron chi connectivity index (χ4n) is 4.10. The van der Waals surface area contributed by atoms with E-state index in [2.05, 4.69) is 48.0 Å². The molecule has 2 N–H and O–H groups in total. The largest absolute Gasteiger partial charge is 0.352 e. The average Bonchev–Trinajstić information content (AvgIpc) is 2.85. The maximum absolute atomic E-state index is 12.9. The molecule has 1 atom stereocenters. The molecule has 5 heteroatoms. The molecule has 172 valence electrons. The smallest absolute Gasteiger partial charge is 0.220 e. The zero-order chi connectivity index (χ0) is 23.5. The third-order valence-electron chi connectivity index (χ3n) is 6.36. The van der Waals surface area contributed by atoms with Crippen molar-refractivity contribution in [1.29, 1.82) is 0 Å². The lowest BCUT2D eigenvalue weighted by molar-refractivity contribution is -0.123. The van der Waals surface area contributed by atoms with E-state index in [0.29, 0.717) is 32.4 Å². The summed E-state index contributed by atoms with van der Waals surface area (Å²) < 4.78 is 0. The van der Waals surface area contributed by atoms with Crippen molar-refractivity contribution in [2.45, 2.75) is 51.0 Å². The Morgan fingerprint density at radius 3 is 1.67 bits per heavy atom. The van der Waals surface area contributed by atoms with Gasteiger partial charge in [0.1, 0.15) is 0 Å². The Kier molecular flexibility index (Phi) is 9.01. The lowest BCUT2D eigenvalue weighted by Crippen LogP contribution is -2.47. The highest BCUT2D eigenvalue weighted by Gasteiger charge is 2.35. The normalized spacial score (nSPS) is 12.1. The van der Waals surface area contributed by atoms with E-state index in [0.717, 1.165) is 11.1 Å². The van der Waals surface area contributed by atoms with Gasteiger partial charge >= 0.3 is 0 Å². The Morgan fingerprint density at radius 1 is 0.697 bits per heavy atom. The standard InChI is InChI=1S/C28H34N2O2Si/c1-33(2,25-16-10-5-11-17-25)26(20-28(32)30-22-24-14-8-4-9-15-24)18-19-27(31)29-21-23-12-6-3-7-13-23/h3-17,26H,18-22H2,1-2H3,(H,29,31)(H,30,32). The molecule has 0 aliphatic rings. The van der Waals surface area contributed by atoms with Crippen LogP contribution in [-0.4, -0.2) is 19.9 Å². The van der Waals surface area contributed by atoms with Gasteiger partial charge in [-0.15, -0.1) is 0 Å². The summed E-state index contributed by atoms with van der Waals surface area (Å²) in [7, 11) is -1.97. The van der Waals surface area contributed by atoms with E-state index < -0.39 is 8.07 Å². The zero-order valence-corrected chi connectivity index (χ0v) is 20.6. The molecule has 0 heterocycles. The highest BCUT2D eigenvalue weighted by atomic mass is 28.3. The number of rotatable bonds is 11. The molecule has 0 fully saturated rings. The molecule has 1 unspecified atom stereocenters. The Hall–Kier alpha value is -3.18. The van der Waals surface area contributed by atoms with Gasteiger partial charge in [-0.3, -0.25) is 9.59 Å². The Labute approximate surface area is 198 Å². The molecule has 0 saturated carbocycles. The van der Waals surface area contributed by atoms with Crippen molar-refractivity contribution >= 4 is 25.1 Å². The molecule has 0 spiro atoms. The predicted molar refractivity (Wildman–Crippen MR) is 138 cm³/mol. The van der Waals surface area contributed by atoms with Gasteiger partial charge < -0.3 is 10.6 Å². The summed E-state index contributed by atoms with van der Waals surface area (Å²) in [6.07, 6.45) is 1.56. The van der Waals surface area contributed by atoms with Crippen LogP contribution in [0, 0.1) is 0 Å². The number of nitrogens with one attached hydrogen (secondary N) is 2. The maximum atomic E-state index is 12.9. The topological polar surface area (TPSA) is 58.2 Å². The van der Waals surface area contributed by atoms with Gasteiger partial charge in [0.25, 0.3) is 0 Å². The molecule has 3 aromatic rings. The molecular weight excluding hydrogens is 424 g/mol. The Balaban J connectivity index is 1.62. The first-order valence-electron chi connectivity index (χ1n) is 11.6. The Bertz CT molecular complexity index is 1010. The van der Waals surface area contributed by atoms with Gasteiger partial charge in [0.05, 0.1) is 8.07 Å². The highest BCUT2D eigenvalue weighted by Crippen LogP contribution is 2.30. The molecule has 0 bridgehead atoms. The zero-order valence-electron chi connectivity index (χ0n) is 19.6. The van der Waals surface area contributed by atoms with Crippen LogP contribution < -0.4 is 15.8 Å². The van der Waals surface area contributed by atoms with Crippen LogP contribution in [0.1, 0.15) is 30.4 Å². The molecule has 0 saturated heterocycles. The molecule has 0 aromatic heterocycles. The van der Waals surface area contributed by atoms with Gasteiger partial charge in [0.2, 0.25) is 11.8 Å². The minimum absolute atomic E-state index is 0.0337. The van der Waals surface area contributed by atoms with E-state index in [9.17, 15) is 9.59 Å². The van der Waals surface area contributed by atoms with Gasteiger partial charge in [0, 0.05) is 25.9 Å². The van der Waals surface area contributed by atoms with Crippen molar-refractivity contribution in [2.75, 3.05) is 0 Å². The first-order chi connectivity index (χ1) is 15.9. The van der Waals surface area contributed by atoms with Crippen LogP contribution in [-0.2, 0) is 22.7 Å². The first kappa shape index (κ1) is 24.5. The Morgan fingerprint density at radius 2 is 1.15 bits per heavy atom. The second-order valence-corrected chi connectivity index (χ2v) is 13.9. The van der Waals surface area contributed by atoms with Crippen molar-refractivity contribution < 1.29 is 9.59 Å². The van der Waals surface area contributed by atoms with Crippen molar-refractivity contribution in [2.24, 2.45) is 0 Å². The van der Waals surface area contributed by atoms with Crippen molar-refractivity contribution in [3.63, 3.8) is 0 Å². The van der Waals surface area contributed by atoms with Gasteiger partial charge in [-0.05, 0) is 23.1 Å². The summed E-state index contributed by atoms with van der Waals surface area (Å²) in [6.45, 7) is 5.66. The van der Waals surface area contributed by atoms with E-state index in [1.165, 1.54) is 5.19 Å². The molecule has 4 nitrogen and oxygen atoms in total. The van der Waals surface area contributed by atoms with Gasteiger partial charge in [-0.1, -0.05) is 109 Å². The molecule has 0 aliphatic heterocycles. The quantitative estimate of drug-likeness (QED) is 0.407. The minimum atomic E-state index is -1.97. The van der Waals surface area contributed by atoms with Crippen LogP contribution in [0.2, 0.25) is 18.6 Å². The second-order valence-electron chi connectivity index (χ2n) is 9.05. The van der Waals surface area contributed by atoms with E-state index >= 15 is 0 Å². The van der Waals surface area contributed by atoms with E-state index in [4.69, 9.17) is 0 Å². The number of hydrogen-bond donors (Lipinski definition) is 2. The first-order valence-corrected chi connectivity index (χ1v) is 14.7. The summed E-state index contributed by atoms with van der Waals surface area (Å²) in [6, 6.07) is 30.3. The van der Waals surface area contributed by atoms with E-state index in [1.807, 2.05) is 66.7 Å². The molecule has 0 aliphatic carbocycles. The molecule has 0 radical (unpaired) electrons. The summed E-state index contributed by atoms with van der Waals surface area (Å²) in [5.41, 5.74) is 2.34. The maximum Gasteiger partial charge on any atom is 0.220 e. The molecular formula is C28H34N2O2Si. The SMILES string of the molecule is C[Si](C)(c1ccccc1)C(CCC(=O)NCc1ccccc1)CC(=O)NCc1ccccc1. The minimum Gasteiger partial charge on any atom is -0.352 e. The van der Waals surface area contributed by atoms with Crippen LogP contribution >= 0.6 is 0 Å². The average molecular weight is 459 g/mol. The fraction of sp³-hybridized carbons (Fsp3) is 0.286. The van der Waals surface area contributed by atoms with Gasteiger partial charge in [-0.25, -0.2) is 0 Å². The van der Waals surface area contributed by atoms with Crippen molar-refractivity contribution in [3.8, 4) is 0 Å². The van der Waals surface area contributed by atoms with Crippen LogP contribution in [0.15, 0.2) is 91.0 Å². The lowest BCUT2D eigenvalue weighted by atomic mass is 10.1. The molecule has 3 rings (SSSR count).